The number of fused-ring (bicyclic) bond motifs is 1. The number of aliphatic hydroxyl groups is 1. The zero-order valence-electron chi connectivity index (χ0n) is 12.2. The van der Waals surface area contributed by atoms with E-state index in [1.807, 2.05) is 24.3 Å². The Kier molecular flexibility index (Phi) is 4.55. The van der Waals surface area contributed by atoms with Crippen LogP contribution in [0.2, 0.25) is 0 Å². The molecule has 1 N–H and O–H groups in total. The molecule has 0 aliphatic carbocycles. The number of nitrogens with zero attached hydrogens (tertiary/aromatic N) is 4. The van der Waals surface area contributed by atoms with Crippen LogP contribution in [-0.2, 0) is 0 Å². The molecule has 2 aromatic heterocycles. The Morgan fingerprint density at radius 1 is 1.26 bits per heavy atom. The molecule has 2 heterocycles. The van der Waals surface area contributed by atoms with Crippen LogP contribution in [0.5, 0.6) is 0 Å². The molecule has 0 bridgehead atoms. The molecule has 5 nitrogen and oxygen atoms in total. The van der Waals surface area contributed by atoms with E-state index >= 15 is 0 Å². The first kappa shape index (κ1) is 15.5. The van der Waals surface area contributed by atoms with Gasteiger partial charge in [0.25, 0.3) is 0 Å². The number of thiazole rings is 1. The zero-order chi connectivity index (χ0) is 16.2. The molecule has 3 aromatic rings. The van der Waals surface area contributed by atoms with Gasteiger partial charge in [-0.3, -0.25) is 0 Å². The minimum absolute atomic E-state index is 0.0102. The van der Waals surface area contributed by atoms with Crippen LogP contribution < -0.4 is 0 Å². The lowest BCUT2D eigenvalue weighted by atomic mass is 10.2. The zero-order valence-corrected chi connectivity index (χ0v) is 13.8. The third-order valence-electron chi connectivity index (χ3n) is 3.09. The molecule has 1 aromatic carbocycles. The highest BCUT2D eigenvalue weighted by Gasteiger charge is 2.20. The first-order chi connectivity index (χ1) is 11.2. The summed E-state index contributed by atoms with van der Waals surface area (Å²) in [7, 11) is 0. The molecule has 23 heavy (non-hydrogen) atoms. The summed E-state index contributed by atoms with van der Waals surface area (Å²) in [4.78, 5) is 12.7. The molecule has 3 rings (SSSR count). The van der Waals surface area contributed by atoms with E-state index in [0.29, 0.717) is 10.2 Å². The van der Waals surface area contributed by atoms with Gasteiger partial charge >= 0.3 is 0 Å². The smallest absolute Gasteiger partial charge is 0.188 e. The van der Waals surface area contributed by atoms with Crippen LogP contribution in [0.4, 0.5) is 0 Å². The van der Waals surface area contributed by atoms with Gasteiger partial charge in [0.1, 0.15) is 22.4 Å². The number of rotatable bonds is 4. The van der Waals surface area contributed by atoms with E-state index in [2.05, 4.69) is 21.0 Å². The number of nitriles is 1. The third-order valence-corrected chi connectivity index (χ3v) is 5.14. The topological polar surface area (TPSA) is 82.7 Å². The first-order valence-corrected chi connectivity index (χ1v) is 8.51. The summed E-state index contributed by atoms with van der Waals surface area (Å²) >= 11 is 2.68. The second-order valence-corrected chi connectivity index (χ2v) is 6.99. The van der Waals surface area contributed by atoms with Crippen molar-refractivity contribution in [3.63, 3.8) is 0 Å². The predicted molar refractivity (Wildman–Crippen MR) is 92.1 cm³/mol. The third kappa shape index (κ3) is 3.33. The van der Waals surface area contributed by atoms with Gasteiger partial charge in [-0.05, 0) is 25.1 Å². The average molecular weight is 340 g/mol. The second kappa shape index (κ2) is 6.77. The summed E-state index contributed by atoms with van der Waals surface area (Å²) in [6.07, 6.45) is 3.28. The summed E-state index contributed by atoms with van der Waals surface area (Å²) in [6, 6.07) is 11.4. The number of hydrogen-bond donors (Lipinski definition) is 1. The number of para-hydroxylation sites is 1. The van der Waals surface area contributed by atoms with Crippen molar-refractivity contribution < 1.29 is 5.11 Å². The van der Waals surface area contributed by atoms with Crippen molar-refractivity contribution in [2.75, 3.05) is 0 Å². The van der Waals surface area contributed by atoms with E-state index < -0.39 is 0 Å². The highest BCUT2D eigenvalue weighted by atomic mass is 32.2. The Bertz CT molecular complexity index is 866. The van der Waals surface area contributed by atoms with Crippen molar-refractivity contribution >= 4 is 38.9 Å². The Hall–Kier alpha value is -2.43. The number of benzene rings is 1. The van der Waals surface area contributed by atoms with Gasteiger partial charge in [0, 0.05) is 12.4 Å². The first-order valence-electron chi connectivity index (χ1n) is 6.82. The fourth-order valence-corrected chi connectivity index (χ4v) is 3.72. The van der Waals surface area contributed by atoms with Crippen LogP contribution in [-0.4, -0.2) is 25.3 Å². The Balaban J connectivity index is 1.94. The fraction of sp³-hybridized carbons (Fsp3) is 0.125. The Morgan fingerprint density at radius 3 is 2.70 bits per heavy atom. The van der Waals surface area contributed by atoms with Crippen molar-refractivity contribution in [2.45, 2.75) is 17.3 Å². The highest BCUT2D eigenvalue weighted by Crippen LogP contribution is 2.32. The molecule has 114 valence electrons. The molecule has 1 atom stereocenters. The van der Waals surface area contributed by atoms with E-state index in [1.54, 1.807) is 25.4 Å². The van der Waals surface area contributed by atoms with Crippen molar-refractivity contribution in [1.82, 2.24) is 15.0 Å². The van der Waals surface area contributed by atoms with Crippen LogP contribution in [0, 0.1) is 11.3 Å². The Labute approximate surface area is 141 Å². The van der Waals surface area contributed by atoms with Gasteiger partial charge < -0.3 is 5.11 Å². The summed E-state index contributed by atoms with van der Waals surface area (Å²) in [6.45, 7) is 1.81. The van der Waals surface area contributed by atoms with E-state index in [4.69, 9.17) is 0 Å². The molecule has 0 saturated heterocycles. The predicted octanol–water partition coefficient (Wildman–Crippen LogP) is 4.06. The number of hydrogen-bond acceptors (Lipinski definition) is 7. The van der Waals surface area contributed by atoms with Gasteiger partial charge in [0.05, 0.1) is 15.5 Å². The molecule has 0 radical (unpaired) electrons. The monoisotopic (exact) mass is 340 g/mol. The van der Waals surface area contributed by atoms with Crippen LogP contribution in [0.15, 0.2) is 53.6 Å². The molecule has 0 saturated carbocycles. The fourth-order valence-electron chi connectivity index (χ4n) is 1.96. The van der Waals surface area contributed by atoms with Crippen LogP contribution >= 0.6 is 23.1 Å². The molecule has 0 unspecified atom stereocenters. The van der Waals surface area contributed by atoms with Gasteiger partial charge in [-0.15, -0.1) is 11.3 Å². The maximum atomic E-state index is 10.5. The second-order valence-electron chi connectivity index (χ2n) is 4.65. The van der Waals surface area contributed by atoms with Crippen molar-refractivity contribution in [1.29, 1.82) is 5.26 Å². The average Bonchev–Trinajstić information content (AvgIpc) is 3.00. The number of aromatic nitrogens is 3. The van der Waals surface area contributed by atoms with E-state index in [-0.39, 0.29) is 16.6 Å². The summed E-state index contributed by atoms with van der Waals surface area (Å²) < 4.78 is 0.981. The molecule has 0 amide bonds. The summed E-state index contributed by atoms with van der Waals surface area (Å²) in [5, 5.41) is 20.6. The lowest BCUT2D eigenvalue weighted by molar-refractivity contribution is 0.402. The molecule has 7 heteroatoms. The van der Waals surface area contributed by atoms with E-state index in [0.717, 1.165) is 10.2 Å². The maximum absolute atomic E-state index is 10.5. The quantitative estimate of drug-likeness (QED) is 0.334. The standard InChI is InChI=1S/C16H12N4OS2/c1-10(22-16-18-7-4-8-19-16)14(21)11(9-17)15-20-12-5-2-3-6-13(12)23-15/h2-8,10,21H,1H3/t10-/m1/s1. The number of aliphatic hydroxyl groups excluding tert-OH is 1. The summed E-state index contributed by atoms with van der Waals surface area (Å²) in [5.74, 6) is -0.0102. The van der Waals surface area contributed by atoms with Crippen LogP contribution in [0.3, 0.4) is 0 Å². The summed E-state index contributed by atoms with van der Waals surface area (Å²) in [5.41, 5.74) is 1.02. The number of thioether (sulfide) groups is 1. The van der Waals surface area contributed by atoms with E-state index in [9.17, 15) is 10.4 Å². The normalized spacial score (nSPS) is 13.4. The van der Waals surface area contributed by atoms with Crippen molar-refractivity contribution in [2.24, 2.45) is 0 Å². The molecule has 0 aliphatic rings. The molecule has 0 fully saturated rings. The largest absolute Gasteiger partial charge is 0.510 e. The lowest BCUT2D eigenvalue weighted by Crippen LogP contribution is -2.05. The van der Waals surface area contributed by atoms with Crippen molar-refractivity contribution in [3.8, 4) is 6.07 Å². The lowest BCUT2D eigenvalue weighted by Gasteiger charge is -2.10. The molecule has 0 spiro atoms. The SMILES string of the molecule is C[C@@H](Sc1ncccn1)C(O)=C(C#N)c1nc2ccccc2s1. The Morgan fingerprint density at radius 2 is 2.00 bits per heavy atom. The maximum Gasteiger partial charge on any atom is 0.188 e. The molecular weight excluding hydrogens is 328 g/mol. The minimum atomic E-state index is -0.348. The van der Waals surface area contributed by atoms with Crippen molar-refractivity contribution in [3.05, 3.63) is 53.5 Å². The van der Waals surface area contributed by atoms with Crippen LogP contribution in [0.25, 0.3) is 15.8 Å². The van der Waals surface area contributed by atoms with Gasteiger partial charge in [0.15, 0.2) is 5.16 Å². The van der Waals surface area contributed by atoms with Gasteiger partial charge in [-0.2, -0.15) is 5.26 Å². The molecular formula is C16H12N4OS2. The minimum Gasteiger partial charge on any atom is -0.510 e. The van der Waals surface area contributed by atoms with Gasteiger partial charge in [0.2, 0.25) is 0 Å². The number of allylic oxidation sites excluding steroid dienone is 1. The van der Waals surface area contributed by atoms with Crippen LogP contribution in [0.1, 0.15) is 11.9 Å². The van der Waals surface area contributed by atoms with Gasteiger partial charge in [-0.25, -0.2) is 15.0 Å². The highest BCUT2D eigenvalue weighted by molar-refractivity contribution is 7.99. The molecule has 0 aliphatic heterocycles. The van der Waals surface area contributed by atoms with E-state index in [1.165, 1.54) is 23.1 Å². The van der Waals surface area contributed by atoms with Gasteiger partial charge in [-0.1, -0.05) is 23.9 Å².